The number of carbonyl (C=O) groups is 1. The lowest BCUT2D eigenvalue weighted by molar-refractivity contribution is -0.194. The fourth-order valence-corrected chi connectivity index (χ4v) is 6.55. The van der Waals surface area contributed by atoms with Crippen LogP contribution in [-0.2, 0) is 17.1 Å². The van der Waals surface area contributed by atoms with Gasteiger partial charge in [0.2, 0.25) is 5.88 Å². The van der Waals surface area contributed by atoms with Gasteiger partial charge >= 0.3 is 6.18 Å². The van der Waals surface area contributed by atoms with E-state index in [1.807, 2.05) is 18.7 Å². The molecule has 0 spiro atoms. The molecule has 1 aliphatic heterocycles. The summed E-state index contributed by atoms with van der Waals surface area (Å²) in [5.41, 5.74) is -1.93. The van der Waals surface area contributed by atoms with E-state index in [1.54, 1.807) is 7.05 Å². The Labute approximate surface area is 235 Å². The van der Waals surface area contributed by atoms with Gasteiger partial charge in [0, 0.05) is 37.6 Å². The second kappa shape index (κ2) is 9.74. The van der Waals surface area contributed by atoms with Gasteiger partial charge in [-0.2, -0.15) is 18.3 Å². The minimum Gasteiger partial charge on any atom is -0.476 e. The maximum absolute atomic E-state index is 13.4. The Bertz CT molecular complexity index is 1590. The minimum atomic E-state index is -4.34. The van der Waals surface area contributed by atoms with Crippen LogP contribution in [0.4, 0.5) is 19.0 Å². The molecule has 3 aromatic heterocycles. The van der Waals surface area contributed by atoms with Crippen molar-refractivity contribution in [2.45, 2.75) is 63.6 Å². The number of alkyl halides is 3. The number of hydrogen-bond donors (Lipinski definition) is 1. The fourth-order valence-electron chi connectivity index (χ4n) is 5.37. The predicted octanol–water partition coefficient (Wildman–Crippen LogP) is 3.77. The van der Waals surface area contributed by atoms with E-state index in [0.29, 0.717) is 6.54 Å². The highest BCUT2D eigenvalue weighted by atomic mass is 32.2. The number of pyridine rings is 1. The number of aromatic nitrogens is 5. The number of halogens is 3. The number of nitrogens with one attached hydrogen (secondary N) is 1. The molecule has 15 heteroatoms. The van der Waals surface area contributed by atoms with Crippen LogP contribution < -0.4 is 14.4 Å². The molecule has 1 aliphatic carbocycles. The van der Waals surface area contributed by atoms with Gasteiger partial charge in [-0.05, 0) is 58.1 Å². The van der Waals surface area contributed by atoms with E-state index in [-0.39, 0.29) is 52.4 Å². The Morgan fingerprint density at radius 3 is 2.46 bits per heavy atom. The van der Waals surface area contributed by atoms with Gasteiger partial charge in [0.05, 0.1) is 11.3 Å². The molecule has 11 nitrogen and oxygen atoms in total. The molecule has 222 valence electrons. The Hall–Kier alpha value is -3.62. The number of nitrogens with zero attached hydrogens (tertiary/aromatic N) is 6. The molecule has 0 aromatic carbocycles. The van der Waals surface area contributed by atoms with Crippen LogP contribution in [0.25, 0.3) is 5.82 Å². The third-order valence-corrected chi connectivity index (χ3v) is 9.10. The average molecular weight is 596 g/mol. The second-order valence-electron chi connectivity index (χ2n) is 11.6. The summed E-state index contributed by atoms with van der Waals surface area (Å²) >= 11 is 0. The summed E-state index contributed by atoms with van der Waals surface area (Å²) in [6, 6.07) is 4.39. The van der Waals surface area contributed by atoms with Crippen LogP contribution in [0, 0.1) is 18.3 Å². The molecular weight excluding hydrogens is 563 g/mol. The largest absolute Gasteiger partial charge is 0.476 e. The molecule has 0 bridgehead atoms. The van der Waals surface area contributed by atoms with E-state index in [1.165, 1.54) is 46.9 Å². The molecule has 2 fully saturated rings. The SMILES string of the molecule is Cc1nn(C)cc1S(=O)(=O)NC(=O)c1ccc(-n2ccc(OCC3(C(F)(F)F)CC3)n2)nc1N1C[C@@H](C)CC1(C)C. The van der Waals surface area contributed by atoms with Crippen molar-refractivity contribution in [3.8, 4) is 11.7 Å². The standard InChI is InChI=1S/C26H32F3N7O4S/c1-16-12-24(3,4)35(13-16)22-18(23(37)33-41(38,39)19-14-34(5)31-17(19)2)6-7-20(30-22)36-11-8-21(32-36)40-15-25(9-10-25)26(27,28)29/h6-8,11,14,16H,9-10,12-13,15H2,1-5H3,(H,33,37)/t16-/m0/s1. The number of rotatable bonds is 8. The third-order valence-electron chi connectivity index (χ3n) is 7.67. The number of amides is 1. The van der Waals surface area contributed by atoms with Crippen molar-refractivity contribution in [2.75, 3.05) is 18.1 Å². The first-order valence-corrected chi connectivity index (χ1v) is 14.6. The van der Waals surface area contributed by atoms with Crippen molar-refractivity contribution < 1.29 is 31.1 Å². The Balaban J connectivity index is 1.45. The molecule has 41 heavy (non-hydrogen) atoms. The van der Waals surface area contributed by atoms with Gasteiger partial charge < -0.3 is 9.64 Å². The van der Waals surface area contributed by atoms with Gasteiger partial charge in [-0.1, -0.05) is 6.92 Å². The zero-order chi connectivity index (χ0) is 30.0. The van der Waals surface area contributed by atoms with Crippen molar-refractivity contribution in [3.63, 3.8) is 0 Å². The highest BCUT2D eigenvalue weighted by molar-refractivity contribution is 7.90. The lowest BCUT2D eigenvalue weighted by atomic mass is 9.97. The van der Waals surface area contributed by atoms with Gasteiger partial charge in [0.25, 0.3) is 15.9 Å². The molecule has 1 N–H and O–H groups in total. The monoisotopic (exact) mass is 595 g/mol. The Morgan fingerprint density at radius 2 is 1.90 bits per heavy atom. The topological polar surface area (TPSA) is 124 Å². The quantitative estimate of drug-likeness (QED) is 0.418. The number of sulfonamides is 1. The summed E-state index contributed by atoms with van der Waals surface area (Å²) in [5, 5.41) is 8.28. The molecule has 0 unspecified atom stereocenters. The van der Waals surface area contributed by atoms with Gasteiger partial charge in [-0.25, -0.2) is 22.8 Å². The molecule has 1 amide bonds. The van der Waals surface area contributed by atoms with Crippen molar-refractivity contribution in [1.82, 2.24) is 29.3 Å². The third kappa shape index (κ3) is 5.51. The molecule has 4 heterocycles. The molecule has 0 radical (unpaired) electrons. The predicted molar refractivity (Wildman–Crippen MR) is 142 cm³/mol. The molecule has 2 aliphatic rings. The van der Waals surface area contributed by atoms with Crippen LogP contribution in [0.15, 0.2) is 35.5 Å². The summed E-state index contributed by atoms with van der Waals surface area (Å²) in [5.74, 6) is -0.0203. The summed E-state index contributed by atoms with van der Waals surface area (Å²) in [7, 11) is -2.64. The van der Waals surface area contributed by atoms with Gasteiger partial charge in [-0.15, -0.1) is 5.10 Å². The van der Waals surface area contributed by atoms with E-state index in [2.05, 4.69) is 21.8 Å². The number of hydrogen-bond acceptors (Lipinski definition) is 8. The van der Waals surface area contributed by atoms with Gasteiger partial charge in [-0.3, -0.25) is 9.48 Å². The van der Waals surface area contributed by atoms with Gasteiger partial charge in [0.1, 0.15) is 22.7 Å². The molecule has 1 saturated heterocycles. The maximum Gasteiger partial charge on any atom is 0.397 e. The second-order valence-corrected chi connectivity index (χ2v) is 13.3. The first-order valence-electron chi connectivity index (χ1n) is 13.1. The number of anilines is 1. The number of aryl methyl sites for hydroxylation is 2. The summed E-state index contributed by atoms with van der Waals surface area (Å²) in [6.45, 7) is 7.69. The number of carbonyl (C=O) groups excluding carboxylic acids is 1. The summed E-state index contributed by atoms with van der Waals surface area (Å²) in [6.07, 6.45) is -0.673. The average Bonchev–Trinajstić information content (AvgIpc) is 3.24. The molecule has 5 rings (SSSR count). The summed E-state index contributed by atoms with van der Waals surface area (Å²) in [4.78, 5) is 20.0. The Kier molecular flexibility index (Phi) is 6.86. The van der Waals surface area contributed by atoms with E-state index in [0.717, 1.165) is 6.42 Å². The van der Waals surface area contributed by atoms with E-state index in [4.69, 9.17) is 9.72 Å². The summed E-state index contributed by atoms with van der Waals surface area (Å²) < 4.78 is 76.1. The molecule has 1 saturated carbocycles. The van der Waals surface area contributed by atoms with Crippen molar-refractivity contribution in [3.05, 3.63) is 41.9 Å². The minimum absolute atomic E-state index is 0.0127. The number of ether oxygens (including phenoxy) is 1. The first kappa shape index (κ1) is 28.9. The van der Waals surface area contributed by atoms with Crippen molar-refractivity contribution in [1.29, 1.82) is 0 Å². The smallest absolute Gasteiger partial charge is 0.397 e. The van der Waals surface area contributed by atoms with Crippen LogP contribution in [0.1, 0.15) is 56.1 Å². The first-order chi connectivity index (χ1) is 19.0. The van der Waals surface area contributed by atoms with Gasteiger partial charge in [0.15, 0.2) is 5.82 Å². The zero-order valence-corrected chi connectivity index (χ0v) is 24.2. The lowest BCUT2D eigenvalue weighted by Gasteiger charge is -2.34. The van der Waals surface area contributed by atoms with Crippen LogP contribution in [0.5, 0.6) is 5.88 Å². The van der Waals surface area contributed by atoms with E-state index in [9.17, 15) is 26.4 Å². The van der Waals surface area contributed by atoms with Crippen LogP contribution >= 0.6 is 0 Å². The van der Waals surface area contributed by atoms with Crippen LogP contribution in [0.3, 0.4) is 0 Å². The normalized spacial score (nSPS) is 19.8. The van der Waals surface area contributed by atoms with Crippen LogP contribution in [-0.4, -0.2) is 63.7 Å². The Morgan fingerprint density at radius 1 is 1.20 bits per heavy atom. The maximum atomic E-state index is 13.4. The van der Waals surface area contributed by atoms with E-state index < -0.39 is 39.7 Å². The van der Waals surface area contributed by atoms with Crippen LogP contribution in [0.2, 0.25) is 0 Å². The van der Waals surface area contributed by atoms with Crippen molar-refractivity contribution in [2.24, 2.45) is 18.4 Å². The molecular formula is C26H32F3N7O4S. The lowest BCUT2D eigenvalue weighted by Crippen LogP contribution is -2.41. The zero-order valence-electron chi connectivity index (χ0n) is 23.4. The molecule has 1 atom stereocenters. The van der Waals surface area contributed by atoms with Crippen molar-refractivity contribution >= 4 is 21.7 Å². The molecule has 3 aromatic rings. The highest BCUT2D eigenvalue weighted by Crippen LogP contribution is 2.57. The van der Waals surface area contributed by atoms with E-state index >= 15 is 0 Å². The highest BCUT2D eigenvalue weighted by Gasteiger charge is 2.64. The fraction of sp³-hybridized carbons (Fsp3) is 0.538.